The SMILES string of the molecule is C=C/C=C/[C@H]1C[C@H]1C=C. The second-order valence-electron chi connectivity index (χ2n) is 2.42. The maximum absolute atomic E-state index is 3.72. The lowest BCUT2D eigenvalue weighted by Crippen LogP contribution is -1.68. The zero-order valence-corrected chi connectivity index (χ0v) is 5.59. The lowest BCUT2D eigenvalue weighted by atomic mass is 10.3. The summed E-state index contributed by atoms with van der Waals surface area (Å²) in [4.78, 5) is 0. The summed E-state index contributed by atoms with van der Waals surface area (Å²) in [7, 11) is 0. The molecule has 2 atom stereocenters. The third kappa shape index (κ3) is 1.56. The third-order valence-corrected chi connectivity index (χ3v) is 1.69. The highest BCUT2D eigenvalue weighted by atomic mass is 14.3. The van der Waals surface area contributed by atoms with Gasteiger partial charge in [0.2, 0.25) is 0 Å². The standard InChI is InChI=1S/C9H12/c1-3-5-6-9-7-8(9)4-2/h3-6,8-9H,1-2,7H2/b6-5+/t8-,9+/m1/s1. The summed E-state index contributed by atoms with van der Waals surface area (Å²) >= 11 is 0. The topological polar surface area (TPSA) is 0 Å². The van der Waals surface area contributed by atoms with Gasteiger partial charge in [0.05, 0.1) is 0 Å². The van der Waals surface area contributed by atoms with Crippen LogP contribution in [0.1, 0.15) is 6.42 Å². The summed E-state index contributed by atoms with van der Waals surface area (Å²) in [6.07, 6.45) is 9.33. The normalized spacial score (nSPS) is 32.4. The van der Waals surface area contributed by atoms with Crippen molar-refractivity contribution in [1.82, 2.24) is 0 Å². The number of hydrogen-bond donors (Lipinski definition) is 0. The molecule has 0 aliphatic heterocycles. The molecule has 1 rings (SSSR count). The minimum atomic E-state index is 0.751. The minimum Gasteiger partial charge on any atom is -0.103 e. The number of rotatable bonds is 3. The molecular weight excluding hydrogens is 108 g/mol. The van der Waals surface area contributed by atoms with Crippen LogP contribution in [-0.4, -0.2) is 0 Å². The van der Waals surface area contributed by atoms with E-state index >= 15 is 0 Å². The molecule has 0 aromatic carbocycles. The molecule has 9 heavy (non-hydrogen) atoms. The quantitative estimate of drug-likeness (QED) is 0.396. The summed E-state index contributed by atoms with van der Waals surface area (Å²) in [5.41, 5.74) is 0. The monoisotopic (exact) mass is 120 g/mol. The van der Waals surface area contributed by atoms with E-state index in [1.807, 2.05) is 18.2 Å². The molecule has 48 valence electrons. The Kier molecular flexibility index (Phi) is 1.88. The largest absolute Gasteiger partial charge is 0.103 e. The van der Waals surface area contributed by atoms with Crippen molar-refractivity contribution < 1.29 is 0 Å². The average molecular weight is 120 g/mol. The van der Waals surface area contributed by atoms with Crippen LogP contribution in [0.4, 0.5) is 0 Å². The molecular formula is C9H12. The van der Waals surface area contributed by atoms with Crippen molar-refractivity contribution >= 4 is 0 Å². The van der Waals surface area contributed by atoms with E-state index in [-0.39, 0.29) is 0 Å². The maximum Gasteiger partial charge on any atom is -0.0161 e. The predicted molar refractivity (Wildman–Crippen MR) is 41.1 cm³/mol. The number of hydrogen-bond acceptors (Lipinski definition) is 0. The fraction of sp³-hybridized carbons (Fsp3) is 0.333. The van der Waals surface area contributed by atoms with Gasteiger partial charge in [-0.25, -0.2) is 0 Å². The van der Waals surface area contributed by atoms with E-state index in [0.29, 0.717) is 0 Å². The Balaban J connectivity index is 2.26. The Morgan fingerprint density at radius 2 is 2.00 bits per heavy atom. The molecule has 0 nitrogen and oxygen atoms in total. The molecule has 0 N–H and O–H groups in total. The Labute approximate surface area is 56.6 Å². The van der Waals surface area contributed by atoms with E-state index in [2.05, 4.69) is 19.2 Å². The van der Waals surface area contributed by atoms with Gasteiger partial charge in [-0.1, -0.05) is 30.9 Å². The highest BCUT2D eigenvalue weighted by Crippen LogP contribution is 2.40. The maximum atomic E-state index is 3.72. The molecule has 0 bridgehead atoms. The summed E-state index contributed by atoms with van der Waals surface area (Å²) in [5.74, 6) is 1.52. The fourth-order valence-electron chi connectivity index (χ4n) is 0.949. The molecule has 0 unspecified atom stereocenters. The van der Waals surface area contributed by atoms with Gasteiger partial charge in [-0.3, -0.25) is 0 Å². The molecule has 1 aliphatic carbocycles. The Morgan fingerprint density at radius 1 is 1.22 bits per heavy atom. The van der Waals surface area contributed by atoms with Gasteiger partial charge in [-0.15, -0.1) is 6.58 Å². The molecule has 0 aromatic rings. The van der Waals surface area contributed by atoms with Crippen LogP contribution in [0, 0.1) is 11.8 Å². The summed E-state index contributed by atoms with van der Waals surface area (Å²) < 4.78 is 0. The van der Waals surface area contributed by atoms with Crippen molar-refractivity contribution in [1.29, 1.82) is 0 Å². The van der Waals surface area contributed by atoms with E-state index < -0.39 is 0 Å². The first-order valence-electron chi connectivity index (χ1n) is 3.30. The lowest BCUT2D eigenvalue weighted by Gasteiger charge is -1.79. The average Bonchev–Trinajstić information content (AvgIpc) is 2.62. The van der Waals surface area contributed by atoms with Crippen LogP contribution in [0.3, 0.4) is 0 Å². The summed E-state index contributed by atoms with van der Waals surface area (Å²) in [6, 6.07) is 0. The first-order chi connectivity index (χ1) is 4.38. The molecule has 0 heterocycles. The van der Waals surface area contributed by atoms with Crippen LogP contribution in [0.2, 0.25) is 0 Å². The van der Waals surface area contributed by atoms with E-state index in [4.69, 9.17) is 0 Å². The molecule has 0 heteroatoms. The molecule has 0 aromatic heterocycles. The second-order valence-corrected chi connectivity index (χ2v) is 2.42. The van der Waals surface area contributed by atoms with Crippen molar-refractivity contribution in [3.8, 4) is 0 Å². The molecule has 1 saturated carbocycles. The minimum absolute atomic E-state index is 0.751. The van der Waals surface area contributed by atoms with Gasteiger partial charge in [0.15, 0.2) is 0 Å². The first-order valence-corrected chi connectivity index (χ1v) is 3.30. The van der Waals surface area contributed by atoms with Crippen molar-refractivity contribution in [3.05, 3.63) is 37.5 Å². The first kappa shape index (κ1) is 6.34. The van der Waals surface area contributed by atoms with Gasteiger partial charge in [0.1, 0.15) is 0 Å². The smallest absolute Gasteiger partial charge is 0.0161 e. The van der Waals surface area contributed by atoms with E-state index in [0.717, 1.165) is 11.8 Å². The molecule has 1 fully saturated rings. The van der Waals surface area contributed by atoms with Crippen molar-refractivity contribution in [2.45, 2.75) is 6.42 Å². The van der Waals surface area contributed by atoms with Crippen LogP contribution in [0.15, 0.2) is 37.5 Å². The second kappa shape index (κ2) is 2.67. The summed E-state index contributed by atoms with van der Waals surface area (Å²) in [6.45, 7) is 7.32. The van der Waals surface area contributed by atoms with Crippen molar-refractivity contribution in [3.63, 3.8) is 0 Å². The zero-order chi connectivity index (χ0) is 6.69. The highest BCUT2D eigenvalue weighted by molar-refractivity contribution is 5.11. The molecule has 0 radical (unpaired) electrons. The van der Waals surface area contributed by atoms with Gasteiger partial charge in [-0.2, -0.15) is 0 Å². The van der Waals surface area contributed by atoms with Crippen molar-refractivity contribution in [2.75, 3.05) is 0 Å². The van der Waals surface area contributed by atoms with E-state index in [9.17, 15) is 0 Å². The van der Waals surface area contributed by atoms with Crippen LogP contribution < -0.4 is 0 Å². The van der Waals surface area contributed by atoms with Crippen LogP contribution in [0.25, 0.3) is 0 Å². The molecule has 0 amide bonds. The van der Waals surface area contributed by atoms with Crippen molar-refractivity contribution in [2.24, 2.45) is 11.8 Å². The van der Waals surface area contributed by atoms with Crippen LogP contribution >= 0.6 is 0 Å². The molecule has 0 spiro atoms. The lowest BCUT2D eigenvalue weighted by molar-refractivity contribution is 0.998. The van der Waals surface area contributed by atoms with Gasteiger partial charge in [0.25, 0.3) is 0 Å². The van der Waals surface area contributed by atoms with E-state index in [1.54, 1.807) is 0 Å². The third-order valence-electron chi connectivity index (χ3n) is 1.69. The Morgan fingerprint density at radius 3 is 2.44 bits per heavy atom. The number of allylic oxidation sites excluding steroid dienone is 4. The highest BCUT2D eigenvalue weighted by Gasteiger charge is 2.30. The van der Waals surface area contributed by atoms with Crippen LogP contribution in [0.5, 0.6) is 0 Å². The van der Waals surface area contributed by atoms with E-state index in [1.165, 1.54) is 6.42 Å². The summed E-state index contributed by atoms with van der Waals surface area (Å²) in [5, 5.41) is 0. The fourth-order valence-corrected chi connectivity index (χ4v) is 0.949. The van der Waals surface area contributed by atoms with Gasteiger partial charge >= 0.3 is 0 Å². The molecule has 1 aliphatic rings. The van der Waals surface area contributed by atoms with Gasteiger partial charge in [0, 0.05) is 0 Å². The van der Waals surface area contributed by atoms with Crippen LogP contribution in [-0.2, 0) is 0 Å². The Bertz CT molecular complexity index is 142. The van der Waals surface area contributed by atoms with Gasteiger partial charge < -0.3 is 0 Å². The zero-order valence-electron chi connectivity index (χ0n) is 5.59. The Hall–Kier alpha value is -0.780. The predicted octanol–water partition coefficient (Wildman–Crippen LogP) is 2.55. The van der Waals surface area contributed by atoms with Gasteiger partial charge in [-0.05, 0) is 18.3 Å². The molecule has 0 saturated heterocycles.